The van der Waals surface area contributed by atoms with Crippen molar-refractivity contribution in [3.05, 3.63) is 65.4 Å². The Morgan fingerprint density at radius 2 is 2.08 bits per heavy atom. The highest BCUT2D eigenvalue weighted by Crippen LogP contribution is 2.32. The van der Waals surface area contributed by atoms with Crippen molar-refractivity contribution in [1.29, 1.82) is 0 Å². The Morgan fingerprint density at radius 1 is 1.19 bits per heavy atom. The van der Waals surface area contributed by atoms with Crippen LogP contribution in [0.5, 0.6) is 11.5 Å². The highest BCUT2D eigenvalue weighted by molar-refractivity contribution is 5.92. The van der Waals surface area contributed by atoms with Crippen LogP contribution in [-0.2, 0) is 11.2 Å². The molecule has 2 N–H and O–H groups in total. The zero-order valence-corrected chi connectivity index (χ0v) is 14.5. The van der Waals surface area contributed by atoms with Crippen LogP contribution in [0.15, 0.2) is 48.7 Å². The molecule has 2 aromatic carbocycles. The summed E-state index contributed by atoms with van der Waals surface area (Å²) in [7, 11) is 0. The number of aryl methyl sites for hydroxylation is 1. The molecule has 5 nitrogen and oxygen atoms in total. The minimum atomic E-state index is -0.112. The van der Waals surface area contributed by atoms with Crippen molar-refractivity contribution in [2.45, 2.75) is 13.3 Å². The van der Waals surface area contributed by atoms with Crippen LogP contribution in [0.2, 0.25) is 0 Å². The Kier molecular flexibility index (Phi) is 4.35. The molecule has 1 aliphatic rings. The number of nitrogens with one attached hydrogen (secondary N) is 2. The molecule has 3 aromatic rings. The highest BCUT2D eigenvalue weighted by atomic mass is 16.7. The summed E-state index contributed by atoms with van der Waals surface area (Å²) in [6.45, 7) is 2.92. The summed E-state index contributed by atoms with van der Waals surface area (Å²) < 4.78 is 10.6. The van der Waals surface area contributed by atoms with E-state index in [-0.39, 0.29) is 12.7 Å². The van der Waals surface area contributed by atoms with E-state index in [1.807, 2.05) is 24.4 Å². The van der Waals surface area contributed by atoms with Gasteiger partial charge in [-0.15, -0.1) is 0 Å². The van der Waals surface area contributed by atoms with Gasteiger partial charge in [-0.05, 0) is 54.8 Å². The monoisotopic (exact) mass is 348 g/mol. The average molecular weight is 348 g/mol. The Hall–Kier alpha value is -3.21. The smallest absolute Gasteiger partial charge is 0.244 e. The fourth-order valence-electron chi connectivity index (χ4n) is 3.07. The number of ether oxygens (including phenoxy) is 2. The molecule has 0 saturated carbocycles. The number of aromatic amines is 1. The van der Waals surface area contributed by atoms with Gasteiger partial charge in [0.15, 0.2) is 11.5 Å². The first-order valence-electron chi connectivity index (χ1n) is 8.61. The van der Waals surface area contributed by atoms with Crippen molar-refractivity contribution in [3.8, 4) is 11.5 Å². The topological polar surface area (TPSA) is 63.4 Å². The van der Waals surface area contributed by atoms with E-state index in [9.17, 15) is 4.79 Å². The maximum atomic E-state index is 12.0. The Bertz CT molecular complexity index is 988. The number of H-pyrrole nitrogens is 1. The molecule has 0 fully saturated rings. The first kappa shape index (κ1) is 16.3. The second-order valence-corrected chi connectivity index (χ2v) is 6.35. The largest absolute Gasteiger partial charge is 0.454 e. The van der Waals surface area contributed by atoms with E-state index in [4.69, 9.17) is 9.47 Å². The number of rotatable bonds is 5. The van der Waals surface area contributed by atoms with Crippen LogP contribution < -0.4 is 14.8 Å². The molecule has 1 amide bonds. The van der Waals surface area contributed by atoms with Crippen LogP contribution in [0.3, 0.4) is 0 Å². The second kappa shape index (κ2) is 6.96. The number of aromatic nitrogens is 1. The number of amides is 1. The van der Waals surface area contributed by atoms with Gasteiger partial charge in [0, 0.05) is 29.7 Å². The maximum absolute atomic E-state index is 12.0. The third kappa shape index (κ3) is 3.42. The number of carbonyl (C=O) groups excluding carboxylic acids is 1. The summed E-state index contributed by atoms with van der Waals surface area (Å²) in [4.78, 5) is 15.3. The first-order valence-corrected chi connectivity index (χ1v) is 8.61. The Labute approximate surface area is 151 Å². The molecular weight excluding hydrogens is 328 g/mol. The van der Waals surface area contributed by atoms with Crippen molar-refractivity contribution in [1.82, 2.24) is 10.3 Å². The average Bonchev–Trinajstić information content (AvgIpc) is 3.26. The van der Waals surface area contributed by atoms with Gasteiger partial charge in [-0.3, -0.25) is 4.79 Å². The molecule has 0 atom stereocenters. The molecular formula is C21H20N2O3. The molecule has 132 valence electrons. The van der Waals surface area contributed by atoms with Gasteiger partial charge in [-0.1, -0.05) is 17.7 Å². The molecule has 26 heavy (non-hydrogen) atoms. The fourth-order valence-corrected chi connectivity index (χ4v) is 3.07. The lowest BCUT2D eigenvalue weighted by Crippen LogP contribution is -2.23. The SMILES string of the molecule is Cc1ccc2[nH]cc(CCNC(=O)C=Cc3ccc4c(c3)OCO4)c2c1. The summed E-state index contributed by atoms with van der Waals surface area (Å²) in [6, 6.07) is 11.9. The standard InChI is InChI=1S/C21H20N2O3/c1-14-2-5-18-17(10-14)16(12-23-18)8-9-22-21(24)7-4-15-3-6-19-20(11-15)26-13-25-19/h2-7,10-12,23H,8-9,13H2,1H3,(H,22,24). The molecule has 0 unspecified atom stereocenters. The van der Waals surface area contributed by atoms with Crippen molar-refractivity contribution in [2.75, 3.05) is 13.3 Å². The van der Waals surface area contributed by atoms with Crippen molar-refractivity contribution in [3.63, 3.8) is 0 Å². The van der Waals surface area contributed by atoms with Gasteiger partial charge < -0.3 is 19.8 Å². The Morgan fingerprint density at radius 3 is 3.00 bits per heavy atom. The second-order valence-electron chi connectivity index (χ2n) is 6.35. The van der Waals surface area contributed by atoms with Gasteiger partial charge >= 0.3 is 0 Å². The number of carbonyl (C=O) groups is 1. The molecule has 0 aliphatic carbocycles. The van der Waals surface area contributed by atoms with Crippen LogP contribution in [0, 0.1) is 6.92 Å². The zero-order valence-electron chi connectivity index (χ0n) is 14.5. The Balaban J connectivity index is 1.33. The summed E-state index contributed by atoms with van der Waals surface area (Å²) in [5.74, 6) is 1.33. The van der Waals surface area contributed by atoms with Crippen LogP contribution in [-0.4, -0.2) is 24.2 Å². The molecule has 0 saturated heterocycles. The number of fused-ring (bicyclic) bond motifs is 2. The summed E-state index contributed by atoms with van der Waals surface area (Å²) >= 11 is 0. The fraction of sp³-hybridized carbons (Fsp3) is 0.190. The van der Waals surface area contributed by atoms with Gasteiger partial charge in [-0.25, -0.2) is 0 Å². The summed E-state index contributed by atoms with van der Waals surface area (Å²) in [6.07, 6.45) is 6.11. The van der Waals surface area contributed by atoms with Crippen LogP contribution in [0.25, 0.3) is 17.0 Å². The summed E-state index contributed by atoms with van der Waals surface area (Å²) in [5, 5.41) is 4.14. The van der Waals surface area contributed by atoms with Gasteiger partial charge in [0.1, 0.15) is 0 Å². The predicted molar refractivity (Wildman–Crippen MR) is 101 cm³/mol. The first-order chi connectivity index (χ1) is 12.7. The lowest BCUT2D eigenvalue weighted by atomic mass is 10.1. The van der Waals surface area contributed by atoms with Gasteiger partial charge in [0.2, 0.25) is 12.7 Å². The van der Waals surface area contributed by atoms with Gasteiger partial charge in [-0.2, -0.15) is 0 Å². The zero-order chi connectivity index (χ0) is 17.9. The van der Waals surface area contributed by atoms with E-state index in [2.05, 4.69) is 35.4 Å². The summed E-state index contributed by atoms with van der Waals surface area (Å²) in [5.41, 5.74) is 4.47. The van der Waals surface area contributed by atoms with Gasteiger partial charge in [0.05, 0.1) is 0 Å². The van der Waals surface area contributed by atoms with Crippen molar-refractivity contribution in [2.24, 2.45) is 0 Å². The number of hydrogen-bond acceptors (Lipinski definition) is 3. The number of hydrogen-bond donors (Lipinski definition) is 2. The van der Waals surface area contributed by atoms with Crippen LogP contribution >= 0.6 is 0 Å². The molecule has 5 heteroatoms. The molecule has 0 bridgehead atoms. The van der Waals surface area contributed by atoms with Crippen molar-refractivity contribution < 1.29 is 14.3 Å². The van der Waals surface area contributed by atoms with E-state index in [1.165, 1.54) is 22.6 Å². The third-order valence-corrected chi connectivity index (χ3v) is 4.44. The predicted octanol–water partition coefficient (Wildman–Crippen LogP) is 3.58. The van der Waals surface area contributed by atoms with Crippen molar-refractivity contribution >= 4 is 22.9 Å². The lowest BCUT2D eigenvalue weighted by molar-refractivity contribution is -0.116. The third-order valence-electron chi connectivity index (χ3n) is 4.44. The van der Waals surface area contributed by atoms with E-state index < -0.39 is 0 Å². The molecule has 1 aliphatic heterocycles. The molecule has 2 heterocycles. The number of benzene rings is 2. The minimum absolute atomic E-state index is 0.112. The molecule has 4 rings (SSSR count). The normalized spacial score (nSPS) is 12.8. The van der Waals surface area contributed by atoms with Gasteiger partial charge in [0.25, 0.3) is 0 Å². The van der Waals surface area contributed by atoms with E-state index in [1.54, 1.807) is 6.08 Å². The lowest BCUT2D eigenvalue weighted by Gasteiger charge is -2.02. The van der Waals surface area contributed by atoms with E-state index in [0.29, 0.717) is 12.3 Å². The maximum Gasteiger partial charge on any atom is 0.244 e. The molecule has 0 radical (unpaired) electrons. The van der Waals surface area contributed by atoms with E-state index in [0.717, 1.165) is 23.3 Å². The van der Waals surface area contributed by atoms with Crippen LogP contribution in [0.4, 0.5) is 0 Å². The molecule has 0 spiro atoms. The molecule has 1 aromatic heterocycles. The minimum Gasteiger partial charge on any atom is -0.454 e. The van der Waals surface area contributed by atoms with Crippen LogP contribution in [0.1, 0.15) is 16.7 Å². The quantitative estimate of drug-likeness (QED) is 0.693. The van der Waals surface area contributed by atoms with E-state index >= 15 is 0 Å². The highest BCUT2D eigenvalue weighted by Gasteiger charge is 2.12.